The average Bonchev–Trinajstić information content (AvgIpc) is 2.63. The fourth-order valence-corrected chi connectivity index (χ4v) is 4.63. The van der Waals surface area contributed by atoms with Gasteiger partial charge in [0.25, 0.3) is 0 Å². The molecular weight excluding hydrogens is 391 g/mol. The van der Waals surface area contributed by atoms with Crippen LogP contribution in [-0.2, 0) is 0 Å². The van der Waals surface area contributed by atoms with E-state index in [1.54, 1.807) is 19.2 Å². The largest absolute Gasteiger partial charge is 0.496 e. The van der Waals surface area contributed by atoms with Crippen molar-refractivity contribution < 1.29 is 4.74 Å². The maximum atomic E-state index is 6.26. The highest BCUT2D eigenvalue weighted by molar-refractivity contribution is 6.36. The van der Waals surface area contributed by atoms with E-state index in [0.29, 0.717) is 21.7 Å². The van der Waals surface area contributed by atoms with Crippen LogP contribution in [-0.4, -0.2) is 25.4 Å². The zero-order valence-electron chi connectivity index (χ0n) is 17.2. The van der Waals surface area contributed by atoms with Gasteiger partial charge in [0, 0.05) is 40.6 Å². The van der Waals surface area contributed by atoms with Gasteiger partial charge in [0.15, 0.2) is 0 Å². The first-order chi connectivity index (χ1) is 13.3. The van der Waals surface area contributed by atoms with Gasteiger partial charge in [-0.25, -0.2) is 0 Å². The van der Waals surface area contributed by atoms with Gasteiger partial charge in [-0.05, 0) is 62.4 Å². The Labute approximate surface area is 178 Å². The highest BCUT2D eigenvalue weighted by atomic mass is 35.5. The van der Waals surface area contributed by atoms with Gasteiger partial charge in [0.05, 0.1) is 17.8 Å². The van der Waals surface area contributed by atoms with Gasteiger partial charge in [-0.2, -0.15) is 0 Å². The first kappa shape index (κ1) is 21.0. The van der Waals surface area contributed by atoms with E-state index in [2.05, 4.69) is 49.7 Å². The van der Waals surface area contributed by atoms with E-state index in [-0.39, 0.29) is 5.54 Å². The fourth-order valence-electron chi connectivity index (χ4n) is 4.18. The number of hydrogen-bond acceptors (Lipinski definition) is 3. The third-order valence-electron chi connectivity index (χ3n) is 5.44. The van der Waals surface area contributed by atoms with Crippen LogP contribution < -0.4 is 9.64 Å². The van der Waals surface area contributed by atoms with Gasteiger partial charge in [0.1, 0.15) is 5.75 Å². The van der Waals surface area contributed by atoms with Crippen LogP contribution in [0.4, 0.5) is 11.4 Å². The highest BCUT2D eigenvalue weighted by Crippen LogP contribution is 2.45. The van der Waals surface area contributed by atoms with Crippen molar-refractivity contribution in [2.24, 2.45) is 4.99 Å². The van der Waals surface area contributed by atoms with E-state index >= 15 is 0 Å². The maximum absolute atomic E-state index is 6.26. The van der Waals surface area contributed by atoms with Gasteiger partial charge < -0.3 is 9.64 Å². The second-order valence-corrected chi connectivity index (χ2v) is 8.92. The fraction of sp³-hybridized carbons (Fsp3) is 0.435. The topological polar surface area (TPSA) is 24.8 Å². The normalized spacial score (nSPS) is 18.4. The third-order valence-corrected chi connectivity index (χ3v) is 5.97. The molecule has 5 heteroatoms. The van der Waals surface area contributed by atoms with Crippen molar-refractivity contribution in [3.8, 4) is 5.75 Å². The summed E-state index contributed by atoms with van der Waals surface area (Å²) in [6, 6.07) is 9.68. The van der Waals surface area contributed by atoms with E-state index in [9.17, 15) is 0 Å². The Bertz CT molecular complexity index is 892. The molecule has 0 spiro atoms. The SMILES string of the molecule is CCCN1c2cc(OC)c(C=Nc3ccc(Cl)cc3Cl)cc2C(C)CC1(C)C. The minimum atomic E-state index is 0.125. The molecule has 0 amide bonds. The van der Waals surface area contributed by atoms with E-state index in [1.807, 2.05) is 12.3 Å². The lowest BCUT2D eigenvalue weighted by atomic mass is 9.79. The molecule has 3 rings (SSSR count). The quantitative estimate of drug-likeness (QED) is 0.477. The van der Waals surface area contributed by atoms with Crippen LogP contribution in [0, 0.1) is 0 Å². The number of fused-ring (bicyclic) bond motifs is 1. The number of hydrogen-bond donors (Lipinski definition) is 0. The van der Waals surface area contributed by atoms with Crippen molar-refractivity contribution in [3.05, 3.63) is 51.5 Å². The lowest BCUT2D eigenvalue weighted by Gasteiger charge is -2.47. The first-order valence-electron chi connectivity index (χ1n) is 9.75. The van der Waals surface area contributed by atoms with Gasteiger partial charge in [-0.1, -0.05) is 37.0 Å². The molecule has 0 aliphatic carbocycles. The second kappa shape index (κ2) is 8.34. The molecular formula is C23H28Cl2N2O. The molecule has 3 nitrogen and oxygen atoms in total. The summed E-state index contributed by atoms with van der Waals surface area (Å²) < 4.78 is 5.71. The number of nitrogens with zero attached hydrogens (tertiary/aromatic N) is 2. The van der Waals surface area contributed by atoms with Crippen molar-refractivity contribution in [2.45, 2.75) is 52.0 Å². The summed E-state index contributed by atoms with van der Waals surface area (Å²) in [5, 5.41) is 1.13. The van der Waals surface area contributed by atoms with Gasteiger partial charge in [-0.3, -0.25) is 4.99 Å². The molecule has 150 valence electrons. The third kappa shape index (κ3) is 4.16. The Morgan fingerprint density at radius 3 is 2.64 bits per heavy atom. The highest BCUT2D eigenvalue weighted by Gasteiger charge is 2.36. The molecule has 1 heterocycles. The summed E-state index contributed by atoms with van der Waals surface area (Å²) in [5.74, 6) is 1.29. The van der Waals surface area contributed by atoms with Crippen molar-refractivity contribution in [3.63, 3.8) is 0 Å². The van der Waals surface area contributed by atoms with Crippen LogP contribution in [0.25, 0.3) is 0 Å². The van der Waals surface area contributed by atoms with Crippen LogP contribution in [0.3, 0.4) is 0 Å². The number of ether oxygens (including phenoxy) is 1. The number of methoxy groups -OCH3 is 1. The van der Waals surface area contributed by atoms with E-state index in [0.717, 1.165) is 30.7 Å². The maximum Gasteiger partial charge on any atom is 0.129 e. The number of anilines is 1. The number of aliphatic imine (C=N–C) groups is 1. The predicted molar refractivity (Wildman–Crippen MR) is 121 cm³/mol. The summed E-state index contributed by atoms with van der Waals surface area (Å²) in [6.45, 7) is 10.2. The molecule has 1 unspecified atom stereocenters. The van der Waals surface area contributed by atoms with Gasteiger partial charge >= 0.3 is 0 Å². The molecule has 0 bridgehead atoms. The molecule has 0 N–H and O–H groups in total. The lowest BCUT2D eigenvalue weighted by Crippen LogP contribution is -2.48. The summed E-state index contributed by atoms with van der Waals surface area (Å²) >= 11 is 12.2. The average molecular weight is 419 g/mol. The van der Waals surface area contributed by atoms with Crippen LogP contribution in [0.5, 0.6) is 5.75 Å². The Balaban J connectivity index is 2.05. The van der Waals surface area contributed by atoms with Crippen molar-refractivity contribution >= 4 is 40.8 Å². The van der Waals surface area contributed by atoms with E-state index in [4.69, 9.17) is 27.9 Å². The molecule has 0 saturated heterocycles. The predicted octanol–water partition coefficient (Wildman–Crippen LogP) is 7.25. The summed E-state index contributed by atoms with van der Waals surface area (Å²) in [5.41, 5.74) is 4.38. The Kier molecular flexibility index (Phi) is 6.26. The number of rotatable bonds is 5. The Morgan fingerprint density at radius 2 is 2.00 bits per heavy atom. The molecule has 1 aliphatic heterocycles. The molecule has 0 saturated carbocycles. The first-order valence-corrected chi connectivity index (χ1v) is 10.5. The van der Waals surface area contributed by atoms with Crippen LogP contribution in [0.2, 0.25) is 10.0 Å². The van der Waals surface area contributed by atoms with Crippen molar-refractivity contribution in [1.29, 1.82) is 0 Å². The van der Waals surface area contributed by atoms with Crippen LogP contribution >= 0.6 is 23.2 Å². The molecule has 0 fully saturated rings. The summed E-state index contributed by atoms with van der Waals surface area (Å²) in [6.07, 6.45) is 4.05. The number of halogens is 2. The Morgan fingerprint density at radius 1 is 1.25 bits per heavy atom. The molecule has 2 aromatic carbocycles. The van der Waals surface area contributed by atoms with Crippen LogP contribution in [0.15, 0.2) is 35.3 Å². The van der Waals surface area contributed by atoms with E-state index < -0.39 is 0 Å². The molecule has 28 heavy (non-hydrogen) atoms. The molecule has 0 radical (unpaired) electrons. The molecule has 0 aromatic heterocycles. The zero-order valence-corrected chi connectivity index (χ0v) is 18.7. The molecule has 1 aliphatic rings. The van der Waals surface area contributed by atoms with E-state index in [1.165, 1.54) is 11.3 Å². The van der Waals surface area contributed by atoms with Crippen LogP contribution in [0.1, 0.15) is 57.6 Å². The summed E-state index contributed by atoms with van der Waals surface area (Å²) in [4.78, 5) is 7.09. The zero-order chi connectivity index (χ0) is 20.5. The smallest absolute Gasteiger partial charge is 0.129 e. The summed E-state index contributed by atoms with van der Waals surface area (Å²) in [7, 11) is 1.70. The van der Waals surface area contributed by atoms with Gasteiger partial charge in [-0.15, -0.1) is 0 Å². The number of benzene rings is 2. The minimum absolute atomic E-state index is 0.125. The van der Waals surface area contributed by atoms with Crippen molar-refractivity contribution in [2.75, 3.05) is 18.6 Å². The molecule has 2 aromatic rings. The lowest BCUT2D eigenvalue weighted by molar-refractivity contribution is 0.372. The monoisotopic (exact) mass is 418 g/mol. The minimum Gasteiger partial charge on any atom is -0.496 e. The second-order valence-electron chi connectivity index (χ2n) is 8.08. The standard InChI is InChI=1S/C23H28Cl2N2O/c1-6-9-27-21-12-22(28-5)16(10-18(21)15(2)13-23(27,3)4)14-26-20-8-7-17(24)11-19(20)25/h7-8,10-12,14-15H,6,9,13H2,1-5H3. The Hall–Kier alpha value is -1.71. The molecule has 1 atom stereocenters. The van der Waals surface area contributed by atoms with Gasteiger partial charge in [0.2, 0.25) is 0 Å². The van der Waals surface area contributed by atoms with Crippen molar-refractivity contribution in [1.82, 2.24) is 0 Å².